The monoisotopic (exact) mass is 471 g/mol. The van der Waals surface area contributed by atoms with Crippen molar-refractivity contribution in [2.75, 3.05) is 20.1 Å². The third-order valence-electron chi connectivity index (χ3n) is 3.50. The lowest BCUT2D eigenvalue weighted by molar-refractivity contribution is -0.120. The smallest absolute Gasteiger partial charge is 0.239 e. The number of carbonyl (C=O) groups excluding carboxylic acids is 1. The minimum absolute atomic E-state index is 0. The minimum Gasteiger partial charge on any atom is -0.444 e. The van der Waals surface area contributed by atoms with Crippen molar-refractivity contribution in [3.05, 3.63) is 41.8 Å². The van der Waals surface area contributed by atoms with E-state index < -0.39 is 0 Å². The molecule has 0 aliphatic heterocycles. The van der Waals surface area contributed by atoms with Crippen molar-refractivity contribution in [3.63, 3.8) is 0 Å². The standard InChI is InChI=1S/C18H25N5O2.HI/c1-4-9-20-16(24)11-22-18(19-3)21-10-15-12-25-17(23-15)14-7-5-13(2)6-8-14;/h5-8,12H,4,9-11H2,1-3H3,(H,20,24)(H2,19,21,22);1H. The van der Waals surface area contributed by atoms with Crippen LogP contribution in [0.1, 0.15) is 24.6 Å². The van der Waals surface area contributed by atoms with Gasteiger partial charge in [0.2, 0.25) is 11.8 Å². The lowest BCUT2D eigenvalue weighted by Gasteiger charge is -2.10. The van der Waals surface area contributed by atoms with E-state index in [0.717, 1.165) is 17.7 Å². The van der Waals surface area contributed by atoms with E-state index in [-0.39, 0.29) is 36.4 Å². The van der Waals surface area contributed by atoms with Crippen LogP contribution in [0.5, 0.6) is 0 Å². The summed E-state index contributed by atoms with van der Waals surface area (Å²) in [7, 11) is 1.65. The molecule has 7 nitrogen and oxygen atoms in total. The van der Waals surface area contributed by atoms with Crippen molar-refractivity contribution in [2.45, 2.75) is 26.8 Å². The van der Waals surface area contributed by atoms with Gasteiger partial charge in [-0.1, -0.05) is 24.6 Å². The molecule has 1 heterocycles. The third kappa shape index (κ3) is 7.03. The molecule has 0 bridgehead atoms. The van der Waals surface area contributed by atoms with Crippen molar-refractivity contribution < 1.29 is 9.21 Å². The topological polar surface area (TPSA) is 91.5 Å². The van der Waals surface area contributed by atoms with Crippen LogP contribution in [-0.4, -0.2) is 37.0 Å². The summed E-state index contributed by atoms with van der Waals surface area (Å²) < 4.78 is 5.52. The van der Waals surface area contributed by atoms with Gasteiger partial charge in [0.05, 0.1) is 18.8 Å². The fraction of sp³-hybridized carbons (Fsp3) is 0.389. The van der Waals surface area contributed by atoms with E-state index in [9.17, 15) is 4.79 Å². The first-order valence-electron chi connectivity index (χ1n) is 8.35. The molecule has 0 radical (unpaired) electrons. The highest BCUT2D eigenvalue weighted by Crippen LogP contribution is 2.18. The van der Waals surface area contributed by atoms with Crippen LogP contribution in [0.15, 0.2) is 39.9 Å². The summed E-state index contributed by atoms with van der Waals surface area (Å²) in [5.74, 6) is 1.05. The largest absolute Gasteiger partial charge is 0.444 e. The van der Waals surface area contributed by atoms with E-state index in [1.165, 1.54) is 5.56 Å². The summed E-state index contributed by atoms with van der Waals surface area (Å²) in [4.78, 5) is 20.1. The summed E-state index contributed by atoms with van der Waals surface area (Å²) in [6.45, 7) is 5.35. The van der Waals surface area contributed by atoms with Gasteiger partial charge >= 0.3 is 0 Å². The van der Waals surface area contributed by atoms with E-state index in [1.807, 2.05) is 38.1 Å². The van der Waals surface area contributed by atoms with E-state index in [1.54, 1.807) is 13.3 Å². The molecule has 26 heavy (non-hydrogen) atoms. The summed E-state index contributed by atoms with van der Waals surface area (Å²) in [5.41, 5.74) is 2.89. The molecule has 2 rings (SSSR count). The second-order valence-electron chi connectivity index (χ2n) is 5.64. The number of nitrogens with one attached hydrogen (secondary N) is 3. The van der Waals surface area contributed by atoms with Gasteiger partial charge in [-0.3, -0.25) is 9.79 Å². The van der Waals surface area contributed by atoms with Crippen molar-refractivity contribution in [1.29, 1.82) is 0 Å². The summed E-state index contributed by atoms with van der Waals surface area (Å²) in [6, 6.07) is 8.00. The number of amides is 1. The van der Waals surface area contributed by atoms with Gasteiger partial charge in [0.25, 0.3) is 0 Å². The molecule has 0 aliphatic carbocycles. The first-order valence-corrected chi connectivity index (χ1v) is 8.35. The molecule has 0 atom stereocenters. The van der Waals surface area contributed by atoms with Gasteiger partial charge in [0.15, 0.2) is 5.96 Å². The number of hydrogen-bond donors (Lipinski definition) is 3. The first-order chi connectivity index (χ1) is 12.1. The number of nitrogens with zero attached hydrogens (tertiary/aromatic N) is 2. The van der Waals surface area contributed by atoms with Crippen LogP contribution in [0.2, 0.25) is 0 Å². The van der Waals surface area contributed by atoms with Crippen molar-refractivity contribution in [3.8, 4) is 11.5 Å². The number of aliphatic imine (C=N–C) groups is 1. The molecule has 0 unspecified atom stereocenters. The van der Waals surface area contributed by atoms with E-state index >= 15 is 0 Å². The number of halogens is 1. The van der Waals surface area contributed by atoms with Crippen LogP contribution < -0.4 is 16.0 Å². The molecule has 142 valence electrons. The molecular weight excluding hydrogens is 445 g/mol. The van der Waals surface area contributed by atoms with Gasteiger partial charge in [-0.25, -0.2) is 4.98 Å². The van der Waals surface area contributed by atoms with E-state index in [2.05, 4.69) is 25.9 Å². The highest BCUT2D eigenvalue weighted by molar-refractivity contribution is 14.0. The molecule has 2 aromatic rings. The zero-order valence-electron chi connectivity index (χ0n) is 15.3. The fourth-order valence-electron chi connectivity index (χ4n) is 2.10. The number of aryl methyl sites for hydroxylation is 1. The van der Waals surface area contributed by atoms with Crippen LogP contribution in [0.4, 0.5) is 0 Å². The maximum absolute atomic E-state index is 11.6. The summed E-state index contributed by atoms with van der Waals surface area (Å²) in [6.07, 6.45) is 2.53. The van der Waals surface area contributed by atoms with Crippen LogP contribution in [0.25, 0.3) is 11.5 Å². The maximum atomic E-state index is 11.6. The number of hydrogen-bond acceptors (Lipinski definition) is 4. The Morgan fingerprint density at radius 2 is 1.92 bits per heavy atom. The molecule has 1 aromatic carbocycles. The van der Waals surface area contributed by atoms with Gasteiger partial charge in [0, 0.05) is 19.2 Å². The molecule has 0 aliphatic rings. The van der Waals surface area contributed by atoms with Crippen LogP contribution in [0, 0.1) is 6.92 Å². The normalized spacial score (nSPS) is 10.8. The van der Waals surface area contributed by atoms with Gasteiger partial charge in [-0.05, 0) is 25.5 Å². The zero-order chi connectivity index (χ0) is 18.1. The third-order valence-corrected chi connectivity index (χ3v) is 3.50. The first kappa shape index (κ1) is 21.9. The van der Waals surface area contributed by atoms with Gasteiger partial charge < -0.3 is 20.4 Å². The Morgan fingerprint density at radius 1 is 1.19 bits per heavy atom. The highest BCUT2D eigenvalue weighted by atomic mass is 127. The Bertz CT molecular complexity index is 713. The molecule has 0 saturated carbocycles. The Morgan fingerprint density at radius 3 is 2.58 bits per heavy atom. The van der Waals surface area contributed by atoms with Crippen LogP contribution >= 0.6 is 24.0 Å². The van der Waals surface area contributed by atoms with Crippen molar-refractivity contribution in [1.82, 2.24) is 20.9 Å². The molecule has 3 N–H and O–H groups in total. The van der Waals surface area contributed by atoms with E-state index in [0.29, 0.717) is 24.9 Å². The van der Waals surface area contributed by atoms with Crippen molar-refractivity contribution in [2.24, 2.45) is 4.99 Å². The molecule has 8 heteroatoms. The van der Waals surface area contributed by atoms with Crippen LogP contribution in [0.3, 0.4) is 0 Å². The Labute approximate surface area is 171 Å². The highest BCUT2D eigenvalue weighted by Gasteiger charge is 2.08. The average Bonchev–Trinajstić information content (AvgIpc) is 3.09. The second-order valence-corrected chi connectivity index (χ2v) is 5.64. The molecule has 1 aromatic heterocycles. The predicted molar refractivity (Wildman–Crippen MR) is 114 cm³/mol. The lowest BCUT2D eigenvalue weighted by Crippen LogP contribution is -2.43. The van der Waals surface area contributed by atoms with Gasteiger partial charge in [-0.2, -0.15) is 0 Å². The number of carbonyl (C=O) groups is 1. The number of oxazole rings is 1. The number of guanidine groups is 1. The van der Waals surface area contributed by atoms with Gasteiger partial charge in [-0.15, -0.1) is 24.0 Å². The minimum atomic E-state index is -0.0621. The van der Waals surface area contributed by atoms with Crippen molar-refractivity contribution >= 4 is 35.8 Å². The lowest BCUT2D eigenvalue weighted by atomic mass is 10.1. The quantitative estimate of drug-likeness (QED) is 0.328. The molecule has 0 spiro atoms. The predicted octanol–water partition coefficient (Wildman–Crippen LogP) is 2.46. The number of benzene rings is 1. The number of rotatable bonds is 7. The molecular formula is C18H26IN5O2. The fourth-order valence-corrected chi connectivity index (χ4v) is 2.10. The summed E-state index contributed by atoms with van der Waals surface area (Å²) >= 11 is 0. The molecule has 0 fully saturated rings. The van der Waals surface area contributed by atoms with Crippen LogP contribution in [-0.2, 0) is 11.3 Å². The zero-order valence-corrected chi connectivity index (χ0v) is 17.7. The molecule has 0 saturated heterocycles. The maximum Gasteiger partial charge on any atom is 0.239 e. The molecule has 1 amide bonds. The second kappa shape index (κ2) is 11.5. The Hall–Kier alpha value is -2.10. The summed E-state index contributed by atoms with van der Waals surface area (Å²) in [5, 5.41) is 8.87. The van der Waals surface area contributed by atoms with Gasteiger partial charge in [0.1, 0.15) is 6.26 Å². The average molecular weight is 471 g/mol. The number of aromatic nitrogens is 1. The SMILES string of the molecule is CCCNC(=O)CNC(=NC)NCc1coc(-c2ccc(C)cc2)n1.I. The Kier molecular flexibility index (Phi) is 9.71. The Balaban J connectivity index is 0.00000338. The van der Waals surface area contributed by atoms with E-state index in [4.69, 9.17) is 4.42 Å².